The van der Waals surface area contributed by atoms with Gasteiger partial charge in [0.05, 0.1) is 10.9 Å². The predicted molar refractivity (Wildman–Crippen MR) is 103 cm³/mol. The van der Waals surface area contributed by atoms with Gasteiger partial charge in [0, 0.05) is 17.1 Å². The van der Waals surface area contributed by atoms with Crippen LogP contribution in [0.3, 0.4) is 0 Å². The average Bonchev–Trinajstić information content (AvgIpc) is 3.13. The van der Waals surface area contributed by atoms with Crippen LogP contribution in [0.5, 0.6) is 0 Å². The van der Waals surface area contributed by atoms with Crippen LogP contribution in [0.1, 0.15) is 19.2 Å². The molecule has 7 heteroatoms. The zero-order valence-electron chi connectivity index (χ0n) is 14.0. The van der Waals surface area contributed by atoms with E-state index in [0.29, 0.717) is 17.4 Å². The summed E-state index contributed by atoms with van der Waals surface area (Å²) in [6, 6.07) is 11.9. The summed E-state index contributed by atoms with van der Waals surface area (Å²) in [5, 5.41) is 5.88. The minimum Gasteiger partial charge on any atom is -0.301 e. The number of amides is 1. The maximum Gasteiger partial charge on any atom is 0.239 e. The lowest BCUT2D eigenvalue weighted by Crippen LogP contribution is -2.24. The van der Waals surface area contributed by atoms with Crippen LogP contribution in [0.25, 0.3) is 11.3 Å². The van der Waals surface area contributed by atoms with Crippen LogP contribution >= 0.6 is 23.1 Å². The van der Waals surface area contributed by atoms with Crippen LogP contribution in [0.4, 0.5) is 5.13 Å². The first-order chi connectivity index (χ1) is 12.2. The van der Waals surface area contributed by atoms with Gasteiger partial charge in [-0.2, -0.15) is 0 Å². The van der Waals surface area contributed by atoms with E-state index in [9.17, 15) is 4.79 Å². The molecule has 0 aliphatic carbocycles. The van der Waals surface area contributed by atoms with Gasteiger partial charge in [-0.15, -0.1) is 11.3 Å². The molecule has 1 aromatic carbocycles. The zero-order chi connectivity index (χ0) is 17.6. The van der Waals surface area contributed by atoms with Crippen molar-refractivity contribution in [2.45, 2.75) is 30.5 Å². The van der Waals surface area contributed by atoms with Crippen molar-refractivity contribution in [3.63, 3.8) is 0 Å². The molecule has 0 saturated heterocycles. The Kier molecular flexibility index (Phi) is 5.78. The molecule has 1 atom stereocenters. The third-order valence-electron chi connectivity index (χ3n) is 3.47. The maximum atomic E-state index is 12.5. The van der Waals surface area contributed by atoms with Crippen molar-refractivity contribution in [2.24, 2.45) is 0 Å². The Morgan fingerprint density at radius 3 is 2.76 bits per heavy atom. The molecule has 0 saturated carbocycles. The third-order valence-corrected chi connectivity index (χ3v) is 5.44. The number of hydrogen-bond acceptors (Lipinski definition) is 6. The minimum absolute atomic E-state index is 0.0556. The molecule has 1 amide bonds. The summed E-state index contributed by atoms with van der Waals surface area (Å²) >= 11 is 2.87. The molecular formula is C18H18N4OS2. The van der Waals surface area contributed by atoms with Crippen molar-refractivity contribution < 1.29 is 4.79 Å². The molecule has 0 spiro atoms. The van der Waals surface area contributed by atoms with Crippen LogP contribution in [-0.4, -0.2) is 26.1 Å². The van der Waals surface area contributed by atoms with Gasteiger partial charge in [-0.1, -0.05) is 49.0 Å². The Bertz CT molecular complexity index is 838. The molecule has 128 valence electrons. The van der Waals surface area contributed by atoms with Gasteiger partial charge in [-0.3, -0.25) is 4.79 Å². The van der Waals surface area contributed by atoms with E-state index in [1.54, 1.807) is 6.20 Å². The first kappa shape index (κ1) is 17.6. The Balaban J connectivity index is 1.78. The highest BCUT2D eigenvalue weighted by Crippen LogP contribution is 2.28. The Morgan fingerprint density at radius 2 is 2.08 bits per heavy atom. The minimum atomic E-state index is -0.234. The van der Waals surface area contributed by atoms with Gasteiger partial charge in [-0.05, 0) is 19.4 Å². The van der Waals surface area contributed by atoms with Crippen LogP contribution in [0.15, 0.2) is 53.0 Å². The third kappa shape index (κ3) is 4.64. The van der Waals surface area contributed by atoms with Crippen molar-refractivity contribution in [3.8, 4) is 11.3 Å². The van der Waals surface area contributed by atoms with Gasteiger partial charge in [-0.25, -0.2) is 15.0 Å². The van der Waals surface area contributed by atoms with Crippen molar-refractivity contribution in [2.75, 3.05) is 5.32 Å². The largest absolute Gasteiger partial charge is 0.301 e. The summed E-state index contributed by atoms with van der Waals surface area (Å²) in [6.07, 6.45) is 2.37. The van der Waals surface area contributed by atoms with Gasteiger partial charge in [0.1, 0.15) is 10.9 Å². The smallest absolute Gasteiger partial charge is 0.239 e. The lowest BCUT2D eigenvalue weighted by Gasteiger charge is -2.14. The van der Waals surface area contributed by atoms with E-state index in [4.69, 9.17) is 0 Å². The van der Waals surface area contributed by atoms with Crippen LogP contribution in [0.2, 0.25) is 0 Å². The van der Waals surface area contributed by atoms with Gasteiger partial charge >= 0.3 is 0 Å². The highest BCUT2D eigenvalue weighted by atomic mass is 32.2. The molecule has 2 heterocycles. The van der Waals surface area contributed by atoms with Gasteiger partial charge in [0.2, 0.25) is 5.91 Å². The molecular weight excluding hydrogens is 352 g/mol. The second-order valence-electron chi connectivity index (χ2n) is 5.35. The molecule has 25 heavy (non-hydrogen) atoms. The summed E-state index contributed by atoms with van der Waals surface area (Å²) in [7, 11) is 0. The van der Waals surface area contributed by atoms with Gasteiger partial charge < -0.3 is 5.32 Å². The number of benzene rings is 1. The lowest BCUT2D eigenvalue weighted by molar-refractivity contribution is -0.115. The average molecular weight is 371 g/mol. The monoisotopic (exact) mass is 370 g/mol. The number of nitrogens with zero attached hydrogens (tertiary/aromatic N) is 3. The molecule has 5 nitrogen and oxygen atoms in total. The Labute approximate surface area is 155 Å². The molecule has 0 aliphatic rings. The molecule has 0 unspecified atom stereocenters. The summed E-state index contributed by atoms with van der Waals surface area (Å²) < 4.78 is 0. The highest BCUT2D eigenvalue weighted by molar-refractivity contribution is 8.00. The molecule has 3 aromatic rings. The molecule has 3 rings (SSSR count). The predicted octanol–water partition coefficient (Wildman–Crippen LogP) is 4.42. The summed E-state index contributed by atoms with van der Waals surface area (Å²) in [6.45, 7) is 3.86. The number of hydrogen-bond donors (Lipinski definition) is 1. The van der Waals surface area contributed by atoms with Crippen molar-refractivity contribution >= 4 is 34.1 Å². The van der Waals surface area contributed by atoms with Gasteiger partial charge in [0.25, 0.3) is 0 Å². The second-order valence-corrected chi connectivity index (χ2v) is 7.46. The topological polar surface area (TPSA) is 67.8 Å². The Hall–Kier alpha value is -2.25. The van der Waals surface area contributed by atoms with E-state index in [2.05, 4.69) is 20.3 Å². The second kappa shape index (κ2) is 8.22. The summed E-state index contributed by atoms with van der Waals surface area (Å²) in [4.78, 5) is 25.6. The number of thioether (sulfide) groups is 1. The van der Waals surface area contributed by atoms with E-state index in [1.807, 2.05) is 55.6 Å². The lowest BCUT2D eigenvalue weighted by atomic mass is 10.1. The maximum absolute atomic E-state index is 12.5. The molecule has 0 bridgehead atoms. The number of thiazole rings is 1. The number of anilines is 1. The quantitative estimate of drug-likeness (QED) is 0.514. The molecule has 1 N–H and O–H groups in total. The van der Waals surface area contributed by atoms with E-state index in [1.165, 1.54) is 23.1 Å². The standard InChI is InChI=1S/C18H18N4OS2/c1-3-15(17(23)22-18-19-9-10-24-18)25-16-11-14(20-12(2)21-16)13-7-5-4-6-8-13/h4-11,15H,3H2,1-2H3,(H,19,22,23)/t15-/m1/s1. The highest BCUT2D eigenvalue weighted by Gasteiger charge is 2.20. The van der Waals surface area contributed by atoms with E-state index in [-0.39, 0.29) is 11.2 Å². The van der Waals surface area contributed by atoms with E-state index < -0.39 is 0 Å². The van der Waals surface area contributed by atoms with Crippen LogP contribution in [-0.2, 0) is 4.79 Å². The van der Waals surface area contributed by atoms with Crippen molar-refractivity contribution in [1.29, 1.82) is 0 Å². The molecule has 0 fully saturated rings. The number of carbonyl (C=O) groups excluding carboxylic acids is 1. The fourth-order valence-electron chi connectivity index (χ4n) is 2.30. The molecule has 2 aromatic heterocycles. The number of carbonyl (C=O) groups is 1. The summed E-state index contributed by atoms with van der Waals surface area (Å²) in [5.74, 6) is 0.638. The SMILES string of the molecule is CC[C@@H](Sc1cc(-c2ccccc2)nc(C)n1)C(=O)Nc1nccs1. The van der Waals surface area contributed by atoms with Crippen molar-refractivity contribution in [1.82, 2.24) is 15.0 Å². The van der Waals surface area contributed by atoms with Crippen LogP contribution < -0.4 is 5.32 Å². The number of aromatic nitrogens is 3. The van der Waals surface area contributed by atoms with E-state index >= 15 is 0 Å². The number of aryl methyl sites for hydroxylation is 1. The first-order valence-corrected chi connectivity index (χ1v) is 9.69. The number of rotatable bonds is 6. The van der Waals surface area contributed by atoms with Gasteiger partial charge in [0.15, 0.2) is 5.13 Å². The van der Waals surface area contributed by atoms with E-state index in [0.717, 1.165) is 16.3 Å². The summed E-state index contributed by atoms with van der Waals surface area (Å²) in [5.41, 5.74) is 1.90. The zero-order valence-corrected chi connectivity index (χ0v) is 15.6. The fraction of sp³-hybridized carbons (Fsp3) is 0.222. The van der Waals surface area contributed by atoms with Crippen molar-refractivity contribution in [3.05, 3.63) is 53.8 Å². The molecule has 0 radical (unpaired) electrons. The first-order valence-electron chi connectivity index (χ1n) is 7.94. The Morgan fingerprint density at radius 1 is 1.28 bits per heavy atom. The van der Waals surface area contributed by atoms with Crippen LogP contribution in [0, 0.1) is 6.92 Å². The number of nitrogens with one attached hydrogen (secondary N) is 1. The molecule has 0 aliphatic heterocycles. The normalized spacial score (nSPS) is 11.9. The fourth-order valence-corrected chi connectivity index (χ4v) is 3.82.